The average Bonchev–Trinajstić information content (AvgIpc) is 2.73. The third-order valence-electron chi connectivity index (χ3n) is 4.54. The van der Waals surface area contributed by atoms with Crippen molar-refractivity contribution >= 4 is 11.5 Å². The normalized spacial score (nSPS) is 18.4. The lowest BCUT2D eigenvalue weighted by molar-refractivity contribution is 0.0942. The second-order valence-electron chi connectivity index (χ2n) is 6.50. The standard InChI is InChI=1S/C15H28N4O/c1-11(2)13-12(16)14(19(3)18-13)17-9-15(10-20)7-5-4-6-8-15/h11,17,20H,4-10,16H2,1-3H3. The molecule has 2 rings (SSSR count). The first-order chi connectivity index (χ1) is 9.49. The number of anilines is 2. The minimum Gasteiger partial charge on any atom is -0.396 e. The fourth-order valence-electron chi connectivity index (χ4n) is 3.16. The summed E-state index contributed by atoms with van der Waals surface area (Å²) in [5, 5.41) is 17.7. The number of nitrogens with zero attached hydrogens (tertiary/aromatic N) is 2. The zero-order chi connectivity index (χ0) is 14.8. The summed E-state index contributed by atoms with van der Waals surface area (Å²) in [6, 6.07) is 0. The van der Waals surface area contributed by atoms with Crippen molar-refractivity contribution in [2.45, 2.75) is 51.9 Å². The number of aromatic nitrogens is 2. The van der Waals surface area contributed by atoms with Crippen LogP contribution >= 0.6 is 0 Å². The molecule has 0 saturated heterocycles. The minimum atomic E-state index is 0.00690. The Morgan fingerprint density at radius 3 is 2.50 bits per heavy atom. The summed E-state index contributed by atoms with van der Waals surface area (Å²) in [4.78, 5) is 0. The number of rotatable bonds is 5. The van der Waals surface area contributed by atoms with E-state index in [1.807, 2.05) is 11.7 Å². The zero-order valence-electron chi connectivity index (χ0n) is 12.9. The first-order valence-electron chi connectivity index (χ1n) is 7.66. The van der Waals surface area contributed by atoms with Crippen molar-refractivity contribution in [2.24, 2.45) is 12.5 Å². The number of nitrogens with two attached hydrogens (primary N) is 1. The third kappa shape index (κ3) is 2.92. The van der Waals surface area contributed by atoms with Gasteiger partial charge < -0.3 is 16.2 Å². The molecule has 0 bridgehead atoms. The van der Waals surface area contributed by atoms with Crippen molar-refractivity contribution in [3.05, 3.63) is 5.69 Å². The van der Waals surface area contributed by atoms with Crippen LogP contribution in [0, 0.1) is 5.41 Å². The summed E-state index contributed by atoms with van der Waals surface area (Å²) in [5.41, 5.74) is 7.89. The van der Waals surface area contributed by atoms with Gasteiger partial charge in [0.15, 0.2) is 0 Å². The van der Waals surface area contributed by atoms with E-state index in [9.17, 15) is 5.11 Å². The van der Waals surface area contributed by atoms with Crippen LogP contribution in [0.25, 0.3) is 0 Å². The molecular formula is C15H28N4O. The van der Waals surface area contributed by atoms with Gasteiger partial charge in [0, 0.05) is 19.0 Å². The summed E-state index contributed by atoms with van der Waals surface area (Å²) in [5.74, 6) is 1.20. The van der Waals surface area contributed by atoms with E-state index in [4.69, 9.17) is 5.73 Å². The van der Waals surface area contributed by atoms with Crippen LogP contribution in [0.1, 0.15) is 57.6 Å². The molecular weight excluding hydrogens is 252 g/mol. The number of hydrogen-bond donors (Lipinski definition) is 3. The highest BCUT2D eigenvalue weighted by atomic mass is 16.3. The van der Waals surface area contributed by atoms with Gasteiger partial charge in [0.05, 0.1) is 18.0 Å². The highest BCUT2D eigenvalue weighted by Gasteiger charge is 2.31. The number of hydrogen-bond acceptors (Lipinski definition) is 4. The Hall–Kier alpha value is -1.23. The molecule has 1 aliphatic rings. The van der Waals surface area contributed by atoms with Gasteiger partial charge >= 0.3 is 0 Å². The monoisotopic (exact) mass is 280 g/mol. The molecule has 0 aliphatic heterocycles. The molecule has 0 aromatic carbocycles. The Morgan fingerprint density at radius 2 is 2.00 bits per heavy atom. The summed E-state index contributed by atoms with van der Waals surface area (Å²) < 4.78 is 1.82. The second kappa shape index (κ2) is 6.04. The molecule has 1 aliphatic carbocycles. The van der Waals surface area contributed by atoms with Gasteiger partial charge in [-0.25, -0.2) is 0 Å². The van der Waals surface area contributed by atoms with Crippen LogP contribution in [0.3, 0.4) is 0 Å². The van der Waals surface area contributed by atoms with Gasteiger partial charge in [0.25, 0.3) is 0 Å². The van der Waals surface area contributed by atoms with Crippen molar-refractivity contribution in [3.8, 4) is 0 Å². The molecule has 5 heteroatoms. The van der Waals surface area contributed by atoms with Gasteiger partial charge in [0.2, 0.25) is 0 Å². The van der Waals surface area contributed by atoms with Crippen LogP contribution in [-0.2, 0) is 7.05 Å². The topological polar surface area (TPSA) is 76.1 Å². The molecule has 4 N–H and O–H groups in total. The lowest BCUT2D eigenvalue weighted by Gasteiger charge is -2.36. The Labute approximate surface area is 121 Å². The fourth-order valence-corrected chi connectivity index (χ4v) is 3.16. The van der Waals surface area contributed by atoms with Crippen molar-refractivity contribution in [2.75, 3.05) is 24.2 Å². The SMILES string of the molecule is CC(C)c1nn(C)c(NCC2(CO)CCCCC2)c1N. The van der Waals surface area contributed by atoms with Gasteiger partial charge in [-0.15, -0.1) is 0 Å². The highest BCUT2D eigenvalue weighted by molar-refractivity contribution is 5.65. The van der Waals surface area contributed by atoms with E-state index in [1.165, 1.54) is 19.3 Å². The molecule has 0 radical (unpaired) electrons. The van der Waals surface area contributed by atoms with Crippen LogP contribution in [-0.4, -0.2) is 28.0 Å². The second-order valence-corrected chi connectivity index (χ2v) is 6.50. The predicted molar refractivity (Wildman–Crippen MR) is 82.8 cm³/mol. The van der Waals surface area contributed by atoms with Crippen LogP contribution in [0.5, 0.6) is 0 Å². The van der Waals surface area contributed by atoms with E-state index in [1.54, 1.807) is 0 Å². The lowest BCUT2D eigenvalue weighted by atomic mass is 9.74. The van der Waals surface area contributed by atoms with Gasteiger partial charge in [-0.1, -0.05) is 33.1 Å². The zero-order valence-corrected chi connectivity index (χ0v) is 12.9. The average molecular weight is 280 g/mol. The van der Waals surface area contributed by atoms with E-state index in [0.717, 1.165) is 36.6 Å². The largest absolute Gasteiger partial charge is 0.396 e. The molecule has 1 aromatic rings. The minimum absolute atomic E-state index is 0.00690. The predicted octanol–water partition coefficient (Wildman–Crippen LogP) is 2.48. The van der Waals surface area contributed by atoms with E-state index in [2.05, 4.69) is 24.3 Å². The highest BCUT2D eigenvalue weighted by Crippen LogP contribution is 2.37. The maximum Gasteiger partial charge on any atom is 0.147 e. The number of nitrogens with one attached hydrogen (secondary N) is 1. The Bertz CT molecular complexity index is 447. The van der Waals surface area contributed by atoms with Crippen molar-refractivity contribution in [1.82, 2.24) is 9.78 Å². The van der Waals surface area contributed by atoms with Gasteiger partial charge in [-0.05, 0) is 18.8 Å². The summed E-state index contributed by atoms with van der Waals surface area (Å²) in [6.45, 7) is 5.21. The van der Waals surface area contributed by atoms with Crippen LogP contribution in [0.2, 0.25) is 0 Å². The molecule has 114 valence electrons. The van der Waals surface area contributed by atoms with Crippen molar-refractivity contribution < 1.29 is 5.11 Å². The molecule has 20 heavy (non-hydrogen) atoms. The molecule has 1 heterocycles. The number of aryl methyl sites for hydroxylation is 1. The maximum absolute atomic E-state index is 9.76. The first-order valence-corrected chi connectivity index (χ1v) is 7.66. The molecule has 0 atom stereocenters. The molecule has 0 spiro atoms. The van der Waals surface area contributed by atoms with E-state index < -0.39 is 0 Å². The van der Waals surface area contributed by atoms with Gasteiger partial charge in [0.1, 0.15) is 5.82 Å². The molecule has 5 nitrogen and oxygen atoms in total. The van der Waals surface area contributed by atoms with Crippen molar-refractivity contribution in [3.63, 3.8) is 0 Å². The summed E-state index contributed by atoms with van der Waals surface area (Å²) in [7, 11) is 1.91. The molecule has 1 saturated carbocycles. The molecule has 0 amide bonds. The third-order valence-corrected chi connectivity index (χ3v) is 4.54. The Morgan fingerprint density at radius 1 is 1.35 bits per heavy atom. The van der Waals surface area contributed by atoms with Gasteiger partial charge in [-0.3, -0.25) is 4.68 Å². The number of nitrogen functional groups attached to an aromatic ring is 1. The Kier molecular flexibility index (Phi) is 4.58. The molecule has 1 fully saturated rings. The fraction of sp³-hybridized carbons (Fsp3) is 0.800. The molecule has 1 aromatic heterocycles. The quantitative estimate of drug-likeness (QED) is 0.774. The maximum atomic E-state index is 9.76. The lowest BCUT2D eigenvalue weighted by Crippen LogP contribution is -2.36. The van der Waals surface area contributed by atoms with Crippen molar-refractivity contribution in [1.29, 1.82) is 0 Å². The van der Waals surface area contributed by atoms with E-state index >= 15 is 0 Å². The number of aliphatic hydroxyl groups is 1. The molecule has 0 unspecified atom stereocenters. The summed E-state index contributed by atoms with van der Waals surface area (Å²) >= 11 is 0. The van der Waals surface area contributed by atoms with E-state index in [0.29, 0.717) is 5.92 Å². The number of aliphatic hydroxyl groups excluding tert-OH is 1. The Balaban J connectivity index is 2.10. The van der Waals surface area contributed by atoms with E-state index in [-0.39, 0.29) is 12.0 Å². The smallest absolute Gasteiger partial charge is 0.147 e. The van der Waals surface area contributed by atoms with Crippen LogP contribution in [0.15, 0.2) is 0 Å². The van der Waals surface area contributed by atoms with Crippen LogP contribution < -0.4 is 11.1 Å². The van der Waals surface area contributed by atoms with Gasteiger partial charge in [-0.2, -0.15) is 5.10 Å². The first kappa shape index (κ1) is 15.2. The van der Waals surface area contributed by atoms with Crippen LogP contribution in [0.4, 0.5) is 11.5 Å². The summed E-state index contributed by atoms with van der Waals surface area (Å²) in [6.07, 6.45) is 5.88.